The Morgan fingerprint density at radius 1 is 0.571 bits per heavy atom. The zero-order chi connectivity index (χ0) is 20.0. The van der Waals surface area contributed by atoms with Crippen LogP contribution >= 0.6 is 0 Å². The third kappa shape index (κ3) is 7.84. The lowest BCUT2D eigenvalue weighted by atomic mass is 10.2. The molecular weight excluding hydrogens is 346 g/mol. The van der Waals surface area contributed by atoms with Gasteiger partial charge in [-0.15, -0.1) is 0 Å². The van der Waals surface area contributed by atoms with Gasteiger partial charge in [0, 0.05) is 18.4 Å². The number of unbranched alkanes of at least 4 members (excludes halogenated alkanes) is 6. The third-order valence-electron chi connectivity index (χ3n) is 4.98. The van der Waals surface area contributed by atoms with Gasteiger partial charge in [0.05, 0.1) is 13.2 Å². The van der Waals surface area contributed by atoms with Gasteiger partial charge in [-0.25, -0.2) is 0 Å². The molecule has 0 aliphatic heterocycles. The molecule has 3 heteroatoms. The van der Waals surface area contributed by atoms with Gasteiger partial charge in [0.2, 0.25) is 0 Å². The van der Waals surface area contributed by atoms with Crippen LogP contribution in [0.15, 0.2) is 48.5 Å². The van der Waals surface area contributed by atoms with Crippen molar-refractivity contribution in [2.45, 2.75) is 65.2 Å². The molecule has 0 aliphatic carbocycles. The van der Waals surface area contributed by atoms with Crippen LogP contribution in [0.25, 0.3) is 0 Å². The molecule has 0 heterocycles. The summed E-state index contributed by atoms with van der Waals surface area (Å²) in [5, 5.41) is 0. The van der Waals surface area contributed by atoms with Gasteiger partial charge in [-0.05, 0) is 61.4 Å². The zero-order valence-corrected chi connectivity index (χ0v) is 18.0. The van der Waals surface area contributed by atoms with E-state index in [0.29, 0.717) is 0 Å². The second-order valence-corrected chi connectivity index (χ2v) is 7.37. The molecule has 0 N–H and O–H groups in total. The summed E-state index contributed by atoms with van der Waals surface area (Å²) in [4.78, 5) is 2.18. The second kappa shape index (κ2) is 13.1. The lowest BCUT2D eigenvalue weighted by Crippen LogP contribution is -2.09. The van der Waals surface area contributed by atoms with Crippen molar-refractivity contribution in [2.75, 3.05) is 25.2 Å². The largest absolute Gasteiger partial charge is 0.494 e. The summed E-state index contributed by atoms with van der Waals surface area (Å²) in [6, 6.07) is 16.7. The molecule has 0 spiro atoms. The first-order valence-corrected chi connectivity index (χ1v) is 10.9. The Hall–Kier alpha value is -2.16. The van der Waals surface area contributed by atoms with Gasteiger partial charge in [-0.2, -0.15) is 0 Å². The molecule has 0 radical (unpaired) electrons. The molecule has 0 unspecified atom stereocenters. The van der Waals surface area contributed by atoms with Gasteiger partial charge in [-0.3, -0.25) is 0 Å². The monoisotopic (exact) mass is 383 g/mol. The minimum atomic E-state index is 0.801. The maximum atomic E-state index is 5.84. The van der Waals surface area contributed by atoms with Crippen LogP contribution in [-0.4, -0.2) is 20.3 Å². The highest BCUT2D eigenvalue weighted by molar-refractivity contribution is 5.63. The second-order valence-electron chi connectivity index (χ2n) is 7.37. The van der Waals surface area contributed by atoms with Crippen LogP contribution in [0, 0.1) is 0 Å². The molecule has 154 valence electrons. The Kier molecular flexibility index (Phi) is 10.3. The van der Waals surface area contributed by atoms with Crippen molar-refractivity contribution in [2.24, 2.45) is 0 Å². The Morgan fingerprint density at radius 2 is 0.964 bits per heavy atom. The first-order valence-electron chi connectivity index (χ1n) is 10.9. The van der Waals surface area contributed by atoms with E-state index in [1.807, 2.05) is 0 Å². The van der Waals surface area contributed by atoms with Crippen LogP contribution in [0.3, 0.4) is 0 Å². The van der Waals surface area contributed by atoms with Gasteiger partial charge in [0.1, 0.15) is 11.5 Å². The van der Waals surface area contributed by atoms with Gasteiger partial charge in [0.15, 0.2) is 0 Å². The topological polar surface area (TPSA) is 21.7 Å². The van der Waals surface area contributed by atoms with Crippen molar-refractivity contribution in [3.63, 3.8) is 0 Å². The quantitative estimate of drug-likeness (QED) is 0.318. The average Bonchev–Trinajstić information content (AvgIpc) is 2.74. The number of nitrogens with zero attached hydrogens (tertiary/aromatic N) is 1. The SMILES string of the molecule is CCCCCCOc1ccc(N(C)c2ccc(OCCCCCC)cc2)cc1. The highest BCUT2D eigenvalue weighted by Gasteiger charge is 2.05. The molecule has 0 atom stereocenters. The van der Waals surface area contributed by atoms with Crippen molar-refractivity contribution in [1.82, 2.24) is 0 Å². The smallest absolute Gasteiger partial charge is 0.119 e. The Morgan fingerprint density at radius 3 is 1.32 bits per heavy atom. The molecule has 28 heavy (non-hydrogen) atoms. The summed E-state index contributed by atoms with van der Waals surface area (Å²) in [6.45, 7) is 6.06. The Labute approximate surface area is 171 Å². The molecule has 0 aromatic heterocycles. The van der Waals surface area contributed by atoms with Crippen molar-refractivity contribution < 1.29 is 9.47 Å². The highest BCUT2D eigenvalue weighted by atomic mass is 16.5. The molecule has 0 amide bonds. The van der Waals surface area contributed by atoms with E-state index in [2.05, 4.69) is 74.3 Å². The summed E-state index contributed by atoms with van der Waals surface area (Å²) in [6.07, 6.45) is 9.84. The number of anilines is 2. The van der Waals surface area contributed by atoms with Crippen LogP contribution in [0.2, 0.25) is 0 Å². The van der Waals surface area contributed by atoms with E-state index in [9.17, 15) is 0 Å². The molecule has 0 fully saturated rings. The lowest BCUT2D eigenvalue weighted by molar-refractivity contribution is 0.305. The summed E-state index contributed by atoms with van der Waals surface area (Å²) >= 11 is 0. The van der Waals surface area contributed by atoms with Gasteiger partial charge in [-0.1, -0.05) is 52.4 Å². The van der Waals surface area contributed by atoms with E-state index < -0.39 is 0 Å². The summed E-state index contributed by atoms with van der Waals surface area (Å²) in [7, 11) is 2.08. The van der Waals surface area contributed by atoms with E-state index in [1.54, 1.807) is 0 Å². The lowest BCUT2D eigenvalue weighted by Gasteiger charge is -2.20. The number of hydrogen-bond donors (Lipinski definition) is 0. The fourth-order valence-electron chi connectivity index (χ4n) is 3.12. The summed E-state index contributed by atoms with van der Waals surface area (Å²) < 4.78 is 11.7. The van der Waals surface area contributed by atoms with Gasteiger partial charge < -0.3 is 14.4 Å². The minimum absolute atomic E-state index is 0.801. The molecule has 0 saturated carbocycles. The summed E-state index contributed by atoms with van der Waals surface area (Å²) in [5.74, 6) is 1.89. The Bertz CT molecular complexity index is 579. The van der Waals surface area contributed by atoms with E-state index in [4.69, 9.17) is 9.47 Å². The first kappa shape index (κ1) is 22.1. The maximum Gasteiger partial charge on any atom is 0.119 e. The van der Waals surface area contributed by atoms with Gasteiger partial charge >= 0.3 is 0 Å². The number of hydrogen-bond acceptors (Lipinski definition) is 3. The molecule has 2 aromatic rings. The maximum absolute atomic E-state index is 5.84. The average molecular weight is 384 g/mol. The predicted octanol–water partition coefficient (Wildman–Crippen LogP) is 7.37. The number of ether oxygens (including phenoxy) is 2. The van der Waals surface area contributed by atoms with Crippen LogP contribution in [-0.2, 0) is 0 Å². The van der Waals surface area contributed by atoms with Crippen LogP contribution in [0.1, 0.15) is 65.2 Å². The minimum Gasteiger partial charge on any atom is -0.494 e. The van der Waals surface area contributed by atoms with E-state index in [1.165, 1.54) is 38.5 Å². The number of benzene rings is 2. The van der Waals surface area contributed by atoms with Crippen LogP contribution in [0.4, 0.5) is 11.4 Å². The van der Waals surface area contributed by atoms with E-state index in [-0.39, 0.29) is 0 Å². The van der Waals surface area contributed by atoms with Crippen molar-refractivity contribution in [1.29, 1.82) is 0 Å². The molecule has 3 nitrogen and oxygen atoms in total. The first-order chi connectivity index (χ1) is 13.7. The Balaban J connectivity index is 1.79. The zero-order valence-electron chi connectivity index (χ0n) is 18.0. The molecule has 0 saturated heterocycles. The predicted molar refractivity (Wildman–Crippen MR) is 120 cm³/mol. The molecule has 2 rings (SSSR count). The molecular formula is C25H37NO2. The standard InChI is InChI=1S/C25H37NO2/c1-4-6-8-10-20-27-24-16-12-22(13-17-24)26(3)23-14-18-25(19-15-23)28-21-11-9-7-5-2/h12-19H,4-11,20-21H2,1-3H3. The van der Waals surface area contributed by atoms with Gasteiger partial charge in [0.25, 0.3) is 0 Å². The van der Waals surface area contributed by atoms with Crippen LogP contribution in [0.5, 0.6) is 11.5 Å². The van der Waals surface area contributed by atoms with Crippen LogP contribution < -0.4 is 14.4 Å². The fourth-order valence-corrected chi connectivity index (χ4v) is 3.12. The normalized spacial score (nSPS) is 10.7. The van der Waals surface area contributed by atoms with E-state index >= 15 is 0 Å². The number of rotatable bonds is 14. The third-order valence-corrected chi connectivity index (χ3v) is 4.98. The van der Waals surface area contributed by atoms with Crippen molar-refractivity contribution >= 4 is 11.4 Å². The van der Waals surface area contributed by atoms with Crippen molar-refractivity contribution in [3.8, 4) is 11.5 Å². The molecule has 2 aromatic carbocycles. The van der Waals surface area contributed by atoms with Crippen molar-refractivity contribution in [3.05, 3.63) is 48.5 Å². The molecule has 0 aliphatic rings. The highest BCUT2D eigenvalue weighted by Crippen LogP contribution is 2.27. The van der Waals surface area contributed by atoms with E-state index in [0.717, 1.165) is 48.9 Å². The summed E-state index contributed by atoms with van der Waals surface area (Å²) in [5.41, 5.74) is 2.29. The fraction of sp³-hybridized carbons (Fsp3) is 0.520. The molecule has 0 bridgehead atoms.